The molecule has 0 atom stereocenters. The van der Waals surface area contributed by atoms with Crippen LogP contribution in [0.5, 0.6) is 0 Å². The molecule has 0 spiro atoms. The molecule has 3 aromatic rings. The number of rotatable bonds is 3. The Hall–Kier alpha value is -2.59. The molecule has 106 valence electrons. The van der Waals surface area contributed by atoms with Crippen LogP contribution in [0, 0.1) is 0 Å². The van der Waals surface area contributed by atoms with Crippen LogP contribution in [0.3, 0.4) is 0 Å². The molecule has 1 heterocycles. The molecule has 0 aliphatic carbocycles. The summed E-state index contributed by atoms with van der Waals surface area (Å²) in [6, 6.07) is 15.0. The molecule has 2 aromatic carbocycles. The van der Waals surface area contributed by atoms with Crippen molar-refractivity contribution in [2.75, 3.05) is 5.32 Å². The number of aliphatic hydroxyl groups excluding tert-OH is 1. The van der Waals surface area contributed by atoms with E-state index < -0.39 is 0 Å². The second-order valence-electron chi connectivity index (χ2n) is 4.98. The molecule has 1 aromatic heterocycles. The van der Waals surface area contributed by atoms with Crippen molar-refractivity contribution < 1.29 is 9.90 Å². The van der Waals surface area contributed by atoms with Gasteiger partial charge in [-0.25, -0.2) is 0 Å². The van der Waals surface area contributed by atoms with E-state index in [-0.39, 0.29) is 12.5 Å². The zero-order chi connectivity index (χ0) is 14.8. The molecular formula is C17H16N2O2. The molecule has 0 radical (unpaired) electrons. The Morgan fingerprint density at radius 1 is 1.14 bits per heavy atom. The summed E-state index contributed by atoms with van der Waals surface area (Å²) >= 11 is 0. The van der Waals surface area contributed by atoms with Crippen LogP contribution in [0.25, 0.3) is 10.9 Å². The lowest BCUT2D eigenvalue weighted by Gasteiger charge is -2.05. The summed E-state index contributed by atoms with van der Waals surface area (Å²) in [5.74, 6) is -0.136. The summed E-state index contributed by atoms with van der Waals surface area (Å²) in [7, 11) is 1.93. The number of carbonyl (C=O) groups excluding carboxylic acids is 1. The van der Waals surface area contributed by atoms with E-state index in [0.29, 0.717) is 11.3 Å². The lowest BCUT2D eigenvalue weighted by molar-refractivity contribution is 0.102. The van der Waals surface area contributed by atoms with Gasteiger partial charge in [0, 0.05) is 29.8 Å². The van der Waals surface area contributed by atoms with Crippen LogP contribution >= 0.6 is 0 Å². The van der Waals surface area contributed by atoms with Crippen LogP contribution in [0.15, 0.2) is 54.7 Å². The molecule has 1 amide bonds. The molecule has 21 heavy (non-hydrogen) atoms. The summed E-state index contributed by atoms with van der Waals surface area (Å²) in [4.78, 5) is 12.4. The number of carbonyl (C=O) groups is 1. The van der Waals surface area contributed by atoms with Crippen molar-refractivity contribution >= 4 is 22.5 Å². The third kappa shape index (κ3) is 2.53. The predicted octanol–water partition coefficient (Wildman–Crippen LogP) is 2.92. The summed E-state index contributed by atoms with van der Waals surface area (Å²) in [6.45, 7) is -0.00243. The van der Waals surface area contributed by atoms with Gasteiger partial charge in [-0.15, -0.1) is 0 Å². The van der Waals surface area contributed by atoms with Crippen molar-refractivity contribution in [1.29, 1.82) is 0 Å². The summed E-state index contributed by atoms with van der Waals surface area (Å²) in [5, 5.41) is 12.8. The normalized spacial score (nSPS) is 10.8. The van der Waals surface area contributed by atoms with Crippen molar-refractivity contribution in [2.45, 2.75) is 6.61 Å². The predicted molar refractivity (Wildman–Crippen MR) is 83.2 cm³/mol. The summed E-state index contributed by atoms with van der Waals surface area (Å²) in [5.41, 5.74) is 3.21. The van der Waals surface area contributed by atoms with Crippen LogP contribution in [-0.4, -0.2) is 15.6 Å². The molecule has 4 nitrogen and oxygen atoms in total. The summed E-state index contributed by atoms with van der Waals surface area (Å²) in [6.07, 6.45) is 1.84. The fourth-order valence-corrected chi connectivity index (χ4v) is 2.41. The SMILES string of the molecule is Cn1cc(C(=O)Nc2ccc(CO)cc2)c2ccccc21. The van der Waals surface area contributed by atoms with Crippen molar-refractivity contribution in [3.8, 4) is 0 Å². The van der Waals surface area contributed by atoms with Crippen LogP contribution < -0.4 is 5.32 Å². The number of benzene rings is 2. The lowest BCUT2D eigenvalue weighted by Crippen LogP contribution is -2.11. The third-order valence-electron chi connectivity index (χ3n) is 3.54. The van der Waals surface area contributed by atoms with Crippen molar-refractivity contribution in [3.05, 3.63) is 65.9 Å². The fourth-order valence-electron chi connectivity index (χ4n) is 2.41. The number of nitrogens with zero attached hydrogens (tertiary/aromatic N) is 1. The average Bonchev–Trinajstić information content (AvgIpc) is 2.86. The van der Waals surface area contributed by atoms with Crippen molar-refractivity contribution in [3.63, 3.8) is 0 Å². The Morgan fingerprint density at radius 2 is 1.86 bits per heavy atom. The zero-order valence-electron chi connectivity index (χ0n) is 11.7. The number of hydrogen-bond donors (Lipinski definition) is 2. The van der Waals surface area contributed by atoms with Gasteiger partial charge in [0.15, 0.2) is 0 Å². The van der Waals surface area contributed by atoms with Crippen LogP contribution in [0.1, 0.15) is 15.9 Å². The minimum atomic E-state index is -0.136. The van der Waals surface area contributed by atoms with E-state index in [9.17, 15) is 4.79 Å². The topological polar surface area (TPSA) is 54.3 Å². The Morgan fingerprint density at radius 3 is 2.57 bits per heavy atom. The van der Waals surface area contributed by atoms with Gasteiger partial charge in [-0.05, 0) is 23.8 Å². The number of anilines is 1. The second kappa shape index (κ2) is 5.42. The molecule has 0 bridgehead atoms. The van der Waals surface area contributed by atoms with Gasteiger partial charge in [0.05, 0.1) is 12.2 Å². The maximum atomic E-state index is 12.4. The first-order chi connectivity index (χ1) is 10.2. The Kier molecular flexibility index (Phi) is 3.46. The van der Waals surface area contributed by atoms with Gasteiger partial charge in [0.2, 0.25) is 0 Å². The molecule has 0 fully saturated rings. The fraction of sp³-hybridized carbons (Fsp3) is 0.118. The van der Waals surface area contributed by atoms with Crippen LogP contribution in [-0.2, 0) is 13.7 Å². The van der Waals surface area contributed by atoms with Crippen LogP contribution in [0.4, 0.5) is 5.69 Å². The smallest absolute Gasteiger partial charge is 0.257 e. The number of para-hydroxylation sites is 1. The van der Waals surface area contributed by atoms with Gasteiger partial charge in [-0.2, -0.15) is 0 Å². The zero-order valence-corrected chi connectivity index (χ0v) is 11.7. The molecule has 3 rings (SSSR count). The van der Waals surface area contributed by atoms with E-state index in [1.807, 2.05) is 42.1 Å². The number of aliphatic hydroxyl groups is 1. The van der Waals surface area contributed by atoms with E-state index in [2.05, 4.69) is 5.32 Å². The Balaban J connectivity index is 1.90. The highest BCUT2D eigenvalue weighted by molar-refractivity contribution is 6.12. The number of aromatic nitrogens is 1. The minimum Gasteiger partial charge on any atom is -0.392 e. The van der Waals surface area contributed by atoms with Gasteiger partial charge in [0.25, 0.3) is 5.91 Å². The highest BCUT2D eigenvalue weighted by atomic mass is 16.3. The van der Waals surface area contributed by atoms with Gasteiger partial charge in [-0.1, -0.05) is 30.3 Å². The molecular weight excluding hydrogens is 264 g/mol. The highest BCUT2D eigenvalue weighted by Gasteiger charge is 2.13. The van der Waals surface area contributed by atoms with Crippen LogP contribution in [0.2, 0.25) is 0 Å². The summed E-state index contributed by atoms with van der Waals surface area (Å²) < 4.78 is 1.94. The maximum absolute atomic E-state index is 12.4. The standard InChI is InChI=1S/C17H16N2O2/c1-19-10-15(14-4-2-3-5-16(14)19)17(21)18-13-8-6-12(11-20)7-9-13/h2-10,20H,11H2,1H3,(H,18,21). The van der Waals surface area contributed by atoms with Gasteiger partial charge in [-0.3, -0.25) is 4.79 Å². The van der Waals surface area contributed by atoms with Crippen molar-refractivity contribution in [1.82, 2.24) is 4.57 Å². The van der Waals surface area contributed by atoms with E-state index in [4.69, 9.17) is 5.11 Å². The monoisotopic (exact) mass is 280 g/mol. The number of hydrogen-bond acceptors (Lipinski definition) is 2. The van der Waals surface area contributed by atoms with E-state index in [1.165, 1.54) is 0 Å². The highest BCUT2D eigenvalue weighted by Crippen LogP contribution is 2.21. The molecule has 2 N–H and O–H groups in total. The first-order valence-corrected chi connectivity index (χ1v) is 6.74. The third-order valence-corrected chi connectivity index (χ3v) is 3.54. The Labute approximate surface area is 122 Å². The molecule has 0 saturated heterocycles. The molecule has 0 unspecified atom stereocenters. The quantitative estimate of drug-likeness (QED) is 0.775. The van der Waals surface area contributed by atoms with Gasteiger partial charge in [0.1, 0.15) is 0 Å². The molecule has 0 aliphatic rings. The number of nitrogens with one attached hydrogen (secondary N) is 1. The van der Waals surface area contributed by atoms with E-state index in [0.717, 1.165) is 16.5 Å². The molecule has 4 heteroatoms. The average molecular weight is 280 g/mol. The van der Waals surface area contributed by atoms with Gasteiger partial charge < -0.3 is 15.0 Å². The Bertz CT molecular complexity index is 788. The molecule has 0 aliphatic heterocycles. The first kappa shape index (κ1) is 13.4. The molecule has 0 saturated carbocycles. The van der Waals surface area contributed by atoms with Crippen molar-refractivity contribution in [2.24, 2.45) is 7.05 Å². The first-order valence-electron chi connectivity index (χ1n) is 6.74. The largest absolute Gasteiger partial charge is 0.392 e. The second-order valence-corrected chi connectivity index (χ2v) is 4.98. The number of fused-ring (bicyclic) bond motifs is 1. The lowest BCUT2D eigenvalue weighted by atomic mass is 10.1. The van der Waals surface area contributed by atoms with Gasteiger partial charge >= 0.3 is 0 Å². The minimum absolute atomic E-state index is 0.00243. The number of aryl methyl sites for hydroxylation is 1. The van der Waals surface area contributed by atoms with E-state index >= 15 is 0 Å². The van der Waals surface area contributed by atoms with E-state index in [1.54, 1.807) is 24.3 Å². The number of amides is 1. The maximum Gasteiger partial charge on any atom is 0.257 e.